The Morgan fingerprint density at radius 1 is 0.500 bits per heavy atom. The minimum atomic E-state index is -5.36. The largest absolute Gasteiger partial charge is 0.418 e. The fourth-order valence-corrected chi connectivity index (χ4v) is 3.27. The Morgan fingerprint density at radius 2 is 0.833 bits per heavy atom. The Labute approximate surface area is 163 Å². The lowest BCUT2D eigenvalue weighted by Crippen LogP contribution is -2.16. The van der Waals surface area contributed by atoms with E-state index in [1.165, 1.54) is 0 Å². The number of benzene rings is 2. The third-order valence-corrected chi connectivity index (χ3v) is 4.50. The molecule has 0 saturated heterocycles. The van der Waals surface area contributed by atoms with Crippen LogP contribution in [-0.2, 0) is 24.7 Å². The van der Waals surface area contributed by atoms with Gasteiger partial charge in [0.25, 0.3) is 0 Å². The molecule has 0 bridgehead atoms. The van der Waals surface area contributed by atoms with Crippen LogP contribution in [0.5, 0.6) is 0 Å². The number of rotatable bonds is 2. The molecular formula is C16H7F12NS. The molecule has 2 N–H and O–H groups in total. The number of halogens is 12. The predicted molar refractivity (Wildman–Crippen MR) is 81.4 cm³/mol. The molecule has 2 rings (SSSR count). The molecule has 0 amide bonds. The zero-order valence-electron chi connectivity index (χ0n) is 13.9. The van der Waals surface area contributed by atoms with Gasteiger partial charge in [0.1, 0.15) is 0 Å². The lowest BCUT2D eigenvalue weighted by molar-refractivity contribution is -0.144. The topological polar surface area (TPSA) is 26.0 Å². The fraction of sp³-hybridized carbons (Fsp3) is 0.250. The molecule has 0 unspecified atom stereocenters. The van der Waals surface area contributed by atoms with Crippen LogP contribution in [0.2, 0.25) is 0 Å². The number of alkyl halides is 12. The van der Waals surface area contributed by atoms with E-state index in [1.807, 2.05) is 0 Å². The molecule has 0 aliphatic rings. The van der Waals surface area contributed by atoms with Crippen molar-refractivity contribution >= 4 is 17.4 Å². The van der Waals surface area contributed by atoms with E-state index in [-0.39, 0.29) is 42.1 Å². The van der Waals surface area contributed by atoms with Crippen molar-refractivity contribution in [3.8, 4) is 0 Å². The van der Waals surface area contributed by atoms with E-state index < -0.39 is 62.4 Å². The van der Waals surface area contributed by atoms with Gasteiger partial charge in [-0.2, -0.15) is 52.7 Å². The van der Waals surface area contributed by atoms with Crippen molar-refractivity contribution in [1.29, 1.82) is 0 Å². The van der Waals surface area contributed by atoms with E-state index in [0.29, 0.717) is 0 Å². The molecule has 1 nitrogen and oxygen atoms in total. The van der Waals surface area contributed by atoms with Crippen molar-refractivity contribution in [2.45, 2.75) is 34.5 Å². The van der Waals surface area contributed by atoms with E-state index in [0.717, 1.165) is 0 Å². The second kappa shape index (κ2) is 7.46. The van der Waals surface area contributed by atoms with Crippen LogP contribution >= 0.6 is 11.8 Å². The summed E-state index contributed by atoms with van der Waals surface area (Å²) >= 11 is -0.138. The van der Waals surface area contributed by atoms with Crippen molar-refractivity contribution < 1.29 is 52.7 Å². The summed E-state index contributed by atoms with van der Waals surface area (Å²) in [7, 11) is 0. The average molecular weight is 473 g/mol. The molecule has 2 aromatic carbocycles. The SMILES string of the molecule is Nc1c(C(F)(F)F)cc(Sc2cc(C(F)(F)F)cc(C(F)(F)F)c2)cc1C(F)(F)F. The Bertz CT molecular complexity index is 870. The highest BCUT2D eigenvalue weighted by Crippen LogP contribution is 2.46. The third kappa shape index (κ3) is 5.46. The van der Waals surface area contributed by atoms with Crippen LogP contribution in [0, 0.1) is 0 Å². The highest BCUT2D eigenvalue weighted by atomic mass is 32.2. The minimum absolute atomic E-state index is 0.114. The summed E-state index contributed by atoms with van der Waals surface area (Å²) in [5.74, 6) is 0. The van der Waals surface area contributed by atoms with E-state index >= 15 is 0 Å². The van der Waals surface area contributed by atoms with Gasteiger partial charge in [0.2, 0.25) is 0 Å². The van der Waals surface area contributed by atoms with Gasteiger partial charge in [0.05, 0.1) is 27.9 Å². The minimum Gasteiger partial charge on any atom is -0.398 e. The number of nitrogen functional groups attached to an aromatic ring is 1. The molecule has 166 valence electrons. The first-order valence-electron chi connectivity index (χ1n) is 7.35. The first kappa shape index (κ1) is 24.0. The Hall–Kier alpha value is -2.25. The van der Waals surface area contributed by atoms with Gasteiger partial charge in [-0.05, 0) is 30.3 Å². The standard InChI is InChI=1S/C16H7F12NS/c17-13(18,19)6-1-7(14(20,21)22)3-8(2-6)30-9-4-10(15(23,24)25)12(29)11(5-9)16(26,27)28/h1-5H,29H2. The molecule has 14 heteroatoms. The second-order valence-electron chi connectivity index (χ2n) is 5.77. The highest BCUT2D eigenvalue weighted by Gasteiger charge is 2.41. The van der Waals surface area contributed by atoms with Crippen molar-refractivity contribution in [3.05, 3.63) is 52.6 Å². The van der Waals surface area contributed by atoms with Crippen LogP contribution in [0.15, 0.2) is 40.1 Å². The Balaban J connectivity index is 2.67. The van der Waals surface area contributed by atoms with E-state index in [2.05, 4.69) is 0 Å². The number of hydrogen-bond acceptors (Lipinski definition) is 2. The van der Waals surface area contributed by atoms with Gasteiger partial charge in [0.15, 0.2) is 0 Å². The molecule has 0 radical (unpaired) electrons. The summed E-state index contributed by atoms with van der Waals surface area (Å²) in [6.07, 6.45) is -21.2. The maximum Gasteiger partial charge on any atom is 0.418 e. The van der Waals surface area contributed by atoms with Crippen LogP contribution in [0.25, 0.3) is 0 Å². The number of anilines is 1. The first-order valence-corrected chi connectivity index (χ1v) is 8.17. The summed E-state index contributed by atoms with van der Waals surface area (Å²) in [5.41, 5.74) is -4.14. The molecule has 0 spiro atoms. The van der Waals surface area contributed by atoms with Crippen molar-refractivity contribution in [3.63, 3.8) is 0 Å². The quantitative estimate of drug-likeness (QED) is 0.361. The normalized spacial score (nSPS) is 13.6. The molecule has 2 aromatic rings. The van der Waals surface area contributed by atoms with Crippen LogP contribution in [0.3, 0.4) is 0 Å². The molecular weight excluding hydrogens is 466 g/mol. The smallest absolute Gasteiger partial charge is 0.398 e. The molecule has 30 heavy (non-hydrogen) atoms. The van der Waals surface area contributed by atoms with Crippen molar-refractivity contribution in [2.24, 2.45) is 0 Å². The van der Waals surface area contributed by atoms with Crippen molar-refractivity contribution in [2.75, 3.05) is 5.73 Å². The number of hydrogen-bond donors (Lipinski definition) is 1. The fourth-order valence-electron chi connectivity index (χ4n) is 2.28. The van der Waals surface area contributed by atoms with Gasteiger partial charge in [-0.25, -0.2) is 0 Å². The zero-order valence-corrected chi connectivity index (χ0v) is 14.7. The molecule has 0 heterocycles. The van der Waals surface area contributed by atoms with Gasteiger partial charge in [0, 0.05) is 9.79 Å². The lowest BCUT2D eigenvalue weighted by Gasteiger charge is -2.18. The maximum atomic E-state index is 13.0. The van der Waals surface area contributed by atoms with E-state index in [1.54, 1.807) is 0 Å². The summed E-state index contributed by atoms with van der Waals surface area (Å²) in [6, 6.07) is 0.356. The molecule has 0 aliphatic carbocycles. The van der Waals surface area contributed by atoms with Gasteiger partial charge >= 0.3 is 24.7 Å². The summed E-state index contributed by atoms with van der Waals surface area (Å²) in [6.45, 7) is 0. The zero-order chi connectivity index (χ0) is 23.3. The second-order valence-corrected chi connectivity index (χ2v) is 6.92. The summed E-state index contributed by atoms with van der Waals surface area (Å²) in [5, 5.41) is 0. The maximum absolute atomic E-state index is 13.0. The monoisotopic (exact) mass is 473 g/mol. The van der Waals surface area contributed by atoms with E-state index in [9.17, 15) is 52.7 Å². The number of nitrogens with two attached hydrogens (primary N) is 1. The van der Waals surface area contributed by atoms with Crippen LogP contribution in [0.1, 0.15) is 22.3 Å². The van der Waals surface area contributed by atoms with Gasteiger partial charge < -0.3 is 5.73 Å². The van der Waals surface area contributed by atoms with Crippen molar-refractivity contribution in [1.82, 2.24) is 0 Å². The van der Waals surface area contributed by atoms with Gasteiger partial charge in [-0.1, -0.05) is 11.8 Å². The van der Waals surface area contributed by atoms with E-state index in [4.69, 9.17) is 5.73 Å². The van der Waals surface area contributed by atoms with Crippen LogP contribution < -0.4 is 5.73 Å². The third-order valence-electron chi connectivity index (χ3n) is 3.56. The summed E-state index contributed by atoms with van der Waals surface area (Å²) < 4.78 is 155. The molecule has 0 saturated carbocycles. The van der Waals surface area contributed by atoms with Crippen LogP contribution in [-0.4, -0.2) is 0 Å². The molecule has 0 aromatic heterocycles. The Kier molecular flexibility index (Phi) is 5.98. The molecule has 0 aliphatic heterocycles. The highest BCUT2D eigenvalue weighted by molar-refractivity contribution is 7.99. The predicted octanol–water partition coefficient (Wildman–Crippen LogP) is 7.50. The molecule has 0 fully saturated rings. The summed E-state index contributed by atoms with van der Waals surface area (Å²) in [4.78, 5) is -1.78. The Morgan fingerprint density at radius 3 is 1.13 bits per heavy atom. The average Bonchev–Trinajstić information content (AvgIpc) is 2.52. The van der Waals surface area contributed by atoms with Gasteiger partial charge in [-0.15, -0.1) is 0 Å². The molecule has 0 atom stereocenters. The van der Waals surface area contributed by atoms with Gasteiger partial charge in [-0.3, -0.25) is 0 Å². The van der Waals surface area contributed by atoms with Crippen LogP contribution in [0.4, 0.5) is 58.4 Å². The lowest BCUT2D eigenvalue weighted by atomic mass is 10.1. The first-order chi connectivity index (χ1) is 13.3.